The highest BCUT2D eigenvalue weighted by molar-refractivity contribution is 6.00. The molecule has 0 aromatic heterocycles. The number of ketones is 1. The largest absolute Gasteiger partial charge is 0.373 e. The first-order valence-corrected chi connectivity index (χ1v) is 7.55. The zero-order valence-electron chi connectivity index (χ0n) is 13.8. The number of hydrogen-bond donors (Lipinski definition) is 0. The number of rotatable bonds is 6. The summed E-state index contributed by atoms with van der Waals surface area (Å²) < 4.78 is 0. The molecule has 0 unspecified atom stereocenters. The van der Waals surface area contributed by atoms with Crippen LogP contribution in [0, 0.1) is 11.3 Å². The van der Waals surface area contributed by atoms with Gasteiger partial charge in [0.15, 0.2) is 5.78 Å². The summed E-state index contributed by atoms with van der Waals surface area (Å²) in [5.41, 5.74) is 3.17. The number of hydrogen-bond acceptors (Lipinski definition) is 4. The average Bonchev–Trinajstić information content (AvgIpc) is 2.59. The Morgan fingerprint density at radius 3 is 2.30 bits per heavy atom. The minimum absolute atomic E-state index is 0.00718. The zero-order chi connectivity index (χ0) is 16.8. The molecule has 0 amide bonds. The van der Waals surface area contributed by atoms with Crippen LogP contribution in [-0.4, -0.2) is 33.0 Å². The Balaban J connectivity index is 2.13. The van der Waals surface area contributed by atoms with Gasteiger partial charge in [0.1, 0.15) is 0 Å². The van der Waals surface area contributed by atoms with Gasteiger partial charge in [0.2, 0.25) is 0 Å². The average molecular weight is 307 g/mol. The molecular weight excluding hydrogens is 286 g/mol. The Bertz CT molecular complexity index is 719. The van der Waals surface area contributed by atoms with Crippen molar-refractivity contribution in [3.8, 4) is 6.07 Å². The molecular formula is C19H21N3O. The number of nitrogens with zero attached hydrogens (tertiary/aromatic N) is 3. The van der Waals surface area contributed by atoms with E-state index in [1.54, 1.807) is 25.1 Å². The molecule has 4 nitrogen and oxygen atoms in total. The number of nitriles is 1. The highest BCUT2D eigenvalue weighted by atomic mass is 16.1. The maximum absolute atomic E-state index is 11.8. The van der Waals surface area contributed by atoms with E-state index in [4.69, 9.17) is 5.26 Å². The van der Waals surface area contributed by atoms with E-state index >= 15 is 0 Å². The minimum atomic E-state index is 0.00718. The molecule has 0 aliphatic heterocycles. The monoisotopic (exact) mass is 307 g/mol. The van der Waals surface area contributed by atoms with Crippen molar-refractivity contribution >= 4 is 17.2 Å². The first kappa shape index (κ1) is 16.6. The van der Waals surface area contributed by atoms with Crippen molar-refractivity contribution in [3.05, 3.63) is 59.7 Å². The Morgan fingerprint density at radius 2 is 1.70 bits per heavy atom. The SMILES string of the molecule is CC(=O)c1ccc(C#N)cc1N(C)CCN(C)c1ccccc1. The molecule has 0 fully saturated rings. The Morgan fingerprint density at radius 1 is 1.04 bits per heavy atom. The number of anilines is 2. The third-order valence-corrected chi connectivity index (χ3v) is 3.89. The summed E-state index contributed by atoms with van der Waals surface area (Å²) in [6.07, 6.45) is 0. The van der Waals surface area contributed by atoms with Crippen LogP contribution in [-0.2, 0) is 0 Å². The fourth-order valence-electron chi connectivity index (χ4n) is 2.45. The molecule has 0 saturated heterocycles. The normalized spacial score (nSPS) is 10.0. The molecule has 23 heavy (non-hydrogen) atoms. The van der Waals surface area contributed by atoms with Gasteiger partial charge in [-0.1, -0.05) is 18.2 Å². The number of para-hydroxylation sites is 1. The van der Waals surface area contributed by atoms with Crippen LogP contribution in [0.5, 0.6) is 0 Å². The number of carbonyl (C=O) groups excluding carboxylic acids is 1. The standard InChI is InChI=1S/C19H21N3O/c1-15(23)18-10-9-16(14-20)13-19(18)22(3)12-11-21(2)17-7-5-4-6-8-17/h4-10,13H,11-12H2,1-3H3. The maximum Gasteiger partial charge on any atom is 0.161 e. The summed E-state index contributed by atoms with van der Waals surface area (Å²) >= 11 is 0. The Kier molecular flexibility index (Phi) is 5.37. The zero-order valence-corrected chi connectivity index (χ0v) is 13.8. The van der Waals surface area contributed by atoms with Crippen molar-refractivity contribution in [3.63, 3.8) is 0 Å². The quantitative estimate of drug-likeness (QED) is 0.768. The second-order valence-electron chi connectivity index (χ2n) is 5.58. The fraction of sp³-hybridized carbons (Fsp3) is 0.263. The maximum atomic E-state index is 11.8. The van der Waals surface area contributed by atoms with E-state index < -0.39 is 0 Å². The van der Waals surface area contributed by atoms with E-state index in [9.17, 15) is 4.79 Å². The van der Waals surface area contributed by atoms with Gasteiger partial charge < -0.3 is 9.80 Å². The van der Waals surface area contributed by atoms with Crippen LogP contribution in [0.3, 0.4) is 0 Å². The van der Waals surface area contributed by atoms with Crippen molar-refractivity contribution < 1.29 is 4.79 Å². The summed E-state index contributed by atoms with van der Waals surface area (Å²) in [6.45, 7) is 3.12. The molecule has 0 spiro atoms. The molecule has 0 aliphatic carbocycles. The van der Waals surface area contributed by atoms with E-state index in [1.165, 1.54) is 0 Å². The van der Waals surface area contributed by atoms with Crippen LogP contribution in [0.4, 0.5) is 11.4 Å². The molecule has 118 valence electrons. The molecule has 2 rings (SSSR count). The third kappa shape index (κ3) is 4.10. The third-order valence-electron chi connectivity index (χ3n) is 3.89. The first-order valence-electron chi connectivity index (χ1n) is 7.55. The number of likely N-dealkylation sites (N-methyl/N-ethyl adjacent to an activating group) is 2. The lowest BCUT2D eigenvalue weighted by Gasteiger charge is -2.26. The van der Waals surface area contributed by atoms with Gasteiger partial charge in [-0.3, -0.25) is 4.79 Å². The molecule has 0 radical (unpaired) electrons. The van der Waals surface area contributed by atoms with Gasteiger partial charge in [-0.25, -0.2) is 0 Å². The van der Waals surface area contributed by atoms with Gasteiger partial charge in [0.05, 0.1) is 11.6 Å². The molecule has 0 saturated carbocycles. The Hall–Kier alpha value is -2.80. The lowest BCUT2D eigenvalue weighted by atomic mass is 10.1. The van der Waals surface area contributed by atoms with Gasteiger partial charge in [0, 0.05) is 44.1 Å². The topological polar surface area (TPSA) is 47.3 Å². The minimum Gasteiger partial charge on any atom is -0.373 e. The Labute approximate surface area is 137 Å². The van der Waals surface area contributed by atoms with Crippen LogP contribution >= 0.6 is 0 Å². The highest BCUT2D eigenvalue weighted by Gasteiger charge is 2.13. The summed E-state index contributed by atoms with van der Waals surface area (Å²) in [6, 6.07) is 17.5. The number of benzene rings is 2. The van der Waals surface area contributed by atoms with Gasteiger partial charge in [-0.15, -0.1) is 0 Å². The van der Waals surface area contributed by atoms with Crippen LogP contribution in [0.15, 0.2) is 48.5 Å². The lowest BCUT2D eigenvalue weighted by molar-refractivity contribution is 0.101. The molecule has 2 aromatic rings. The van der Waals surface area contributed by atoms with E-state index in [0.29, 0.717) is 11.1 Å². The van der Waals surface area contributed by atoms with E-state index in [2.05, 4.69) is 23.1 Å². The molecule has 0 N–H and O–H groups in total. The summed E-state index contributed by atoms with van der Waals surface area (Å²) in [5, 5.41) is 9.08. The van der Waals surface area contributed by atoms with Crippen LogP contribution in [0.25, 0.3) is 0 Å². The molecule has 0 bridgehead atoms. The van der Waals surface area contributed by atoms with Gasteiger partial charge in [0.25, 0.3) is 0 Å². The van der Waals surface area contributed by atoms with Crippen molar-refractivity contribution in [1.82, 2.24) is 0 Å². The number of carbonyl (C=O) groups is 1. The summed E-state index contributed by atoms with van der Waals surface area (Å²) in [5.74, 6) is 0.00718. The fourth-order valence-corrected chi connectivity index (χ4v) is 2.45. The van der Waals surface area contributed by atoms with Gasteiger partial charge in [-0.05, 0) is 37.3 Å². The second kappa shape index (κ2) is 7.46. The number of Topliss-reactive ketones (excluding diaryl/α,β-unsaturated/α-hetero) is 1. The highest BCUT2D eigenvalue weighted by Crippen LogP contribution is 2.22. The van der Waals surface area contributed by atoms with Crippen molar-refractivity contribution in [1.29, 1.82) is 5.26 Å². The predicted octanol–water partition coefficient (Wildman–Crippen LogP) is 3.33. The van der Waals surface area contributed by atoms with Crippen molar-refractivity contribution in [2.75, 3.05) is 37.0 Å². The van der Waals surface area contributed by atoms with E-state index in [-0.39, 0.29) is 5.78 Å². The summed E-state index contributed by atoms with van der Waals surface area (Å²) in [4.78, 5) is 16.0. The predicted molar refractivity (Wildman–Crippen MR) is 94.1 cm³/mol. The molecule has 0 atom stereocenters. The molecule has 4 heteroatoms. The first-order chi connectivity index (χ1) is 11.0. The van der Waals surface area contributed by atoms with Crippen LogP contribution in [0.2, 0.25) is 0 Å². The van der Waals surface area contributed by atoms with Crippen molar-refractivity contribution in [2.24, 2.45) is 0 Å². The lowest BCUT2D eigenvalue weighted by Crippen LogP contribution is -2.31. The van der Waals surface area contributed by atoms with Crippen molar-refractivity contribution in [2.45, 2.75) is 6.92 Å². The van der Waals surface area contributed by atoms with Gasteiger partial charge >= 0.3 is 0 Å². The summed E-state index contributed by atoms with van der Waals surface area (Å²) in [7, 11) is 3.99. The smallest absolute Gasteiger partial charge is 0.161 e. The van der Waals surface area contributed by atoms with E-state index in [1.807, 2.05) is 37.2 Å². The van der Waals surface area contributed by atoms with Gasteiger partial charge in [-0.2, -0.15) is 5.26 Å². The molecule has 0 heterocycles. The molecule has 0 aliphatic rings. The van der Waals surface area contributed by atoms with E-state index in [0.717, 1.165) is 24.5 Å². The van der Waals surface area contributed by atoms with Crippen LogP contribution < -0.4 is 9.80 Å². The second-order valence-corrected chi connectivity index (χ2v) is 5.58. The van der Waals surface area contributed by atoms with Crippen LogP contribution in [0.1, 0.15) is 22.8 Å². The molecule has 2 aromatic carbocycles.